The van der Waals surface area contributed by atoms with Crippen LogP contribution in [0.3, 0.4) is 0 Å². The van der Waals surface area contributed by atoms with E-state index in [1.807, 2.05) is 0 Å². The maximum atomic E-state index is 9.59. The normalized spacial score (nSPS) is 22.5. The lowest BCUT2D eigenvalue weighted by Gasteiger charge is -2.40. The van der Waals surface area contributed by atoms with Crippen molar-refractivity contribution in [1.82, 2.24) is 9.88 Å². The highest BCUT2D eigenvalue weighted by Gasteiger charge is 2.31. The van der Waals surface area contributed by atoms with Crippen LogP contribution in [-0.4, -0.2) is 35.6 Å². The van der Waals surface area contributed by atoms with Crippen molar-refractivity contribution in [2.75, 3.05) is 24.5 Å². The van der Waals surface area contributed by atoms with E-state index in [2.05, 4.69) is 15.9 Å². The molecule has 1 saturated carbocycles. The van der Waals surface area contributed by atoms with Crippen LogP contribution < -0.4 is 4.90 Å². The molecular formula is C20H27ClN4. The largest absolute Gasteiger partial charge is 0.356 e. The van der Waals surface area contributed by atoms with Gasteiger partial charge in [0.15, 0.2) is 0 Å². The second kappa shape index (κ2) is 7.51. The minimum atomic E-state index is 0.396. The first-order valence-corrected chi connectivity index (χ1v) is 10.3. The fraction of sp³-hybridized carbons (Fsp3) is 0.700. The molecule has 4 rings (SSSR count). The van der Waals surface area contributed by atoms with Crippen LogP contribution in [0.25, 0.3) is 0 Å². The summed E-state index contributed by atoms with van der Waals surface area (Å²) in [4.78, 5) is 9.75. The second-order valence-electron chi connectivity index (χ2n) is 7.73. The molecule has 5 heteroatoms. The quantitative estimate of drug-likeness (QED) is 0.740. The van der Waals surface area contributed by atoms with Crippen molar-refractivity contribution in [3.8, 4) is 6.07 Å². The van der Waals surface area contributed by atoms with Gasteiger partial charge in [0.1, 0.15) is 17.0 Å². The summed E-state index contributed by atoms with van der Waals surface area (Å²) in [6.45, 7) is 4.10. The van der Waals surface area contributed by atoms with Crippen LogP contribution in [0.1, 0.15) is 68.1 Å². The van der Waals surface area contributed by atoms with Gasteiger partial charge in [-0.3, -0.25) is 4.90 Å². The van der Waals surface area contributed by atoms with E-state index < -0.39 is 0 Å². The van der Waals surface area contributed by atoms with Gasteiger partial charge in [-0.1, -0.05) is 30.9 Å². The predicted molar refractivity (Wildman–Crippen MR) is 101 cm³/mol. The second-order valence-corrected chi connectivity index (χ2v) is 8.09. The molecule has 0 radical (unpaired) electrons. The standard InChI is InChI=1S/C20H27ClN4/c21-19-17(13-22)16-9-12-25(15-7-3-1-4-8-15)14-18(16)20(23-19)24-10-5-2-6-11-24/h15H,1-12,14H2. The van der Waals surface area contributed by atoms with E-state index in [4.69, 9.17) is 16.6 Å². The van der Waals surface area contributed by atoms with Crippen molar-refractivity contribution in [1.29, 1.82) is 5.26 Å². The van der Waals surface area contributed by atoms with Crippen molar-refractivity contribution in [3.05, 3.63) is 21.8 Å². The maximum absolute atomic E-state index is 9.59. The zero-order valence-corrected chi connectivity index (χ0v) is 15.7. The molecule has 4 nitrogen and oxygen atoms in total. The third-order valence-electron chi connectivity index (χ3n) is 6.22. The lowest BCUT2D eigenvalue weighted by molar-refractivity contribution is 0.141. The van der Waals surface area contributed by atoms with E-state index in [1.54, 1.807) is 0 Å². The van der Waals surface area contributed by atoms with E-state index in [9.17, 15) is 5.26 Å². The predicted octanol–water partition coefficient (Wildman–Crippen LogP) is 4.29. The molecule has 1 aromatic rings. The van der Waals surface area contributed by atoms with Crippen LogP contribution in [0.5, 0.6) is 0 Å². The molecule has 134 valence electrons. The van der Waals surface area contributed by atoms with Gasteiger partial charge in [-0.2, -0.15) is 5.26 Å². The minimum Gasteiger partial charge on any atom is -0.356 e. The Kier molecular flexibility index (Phi) is 5.15. The Hall–Kier alpha value is -1.31. The molecule has 1 aromatic heterocycles. The summed E-state index contributed by atoms with van der Waals surface area (Å²) in [5.41, 5.74) is 3.05. The van der Waals surface area contributed by atoms with Crippen LogP contribution in [-0.2, 0) is 13.0 Å². The minimum absolute atomic E-state index is 0.396. The zero-order valence-electron chi connectivity index (χ0n) is 14.9. The molecule has 3 aliphatic rings. The lowest BCUT2D eigenvalue weighted by Crippen LogP contribution is -2.42. The van der Waals surface area contributed by atoms with Crippen molar-refractivity contribution in [2.24, 2.45) is 0 Å². The maximum Gasteiger partial charge on any atom is 0.149 e. The average Bonchev–Trinajstić information content (AvgIpc) is 2.68. The SMILES string of the molecule is N#Cc1c(Cl)nc(N2CCCCC2)c2c1CCN(C1CCCCC1)C2. The van der Waals surface area contributed by atoms with Crippen molar-refractivity contribution in [3.63, 3.8) is 0 Å². The average molecular weight is 359 g/mol. The van der Waals surface area contributed by atoms with Crippen LogP contribution in [0.15, 0.2) is 0 Å². The molecule has 0 amide bonds. The highest BCUT2D eigenvalue weighted by Crippen LogP contribution is 2.36. The zero-order chi connectivity index (χ0) is 17.2. The number of hydrogen-bond donors (Lipinski definition) is 0. The van der Waals surface area contributed by atoms with Gasteiger partial charge in [-0.05, 0) is 44.1 Å². The first-order valence-electron chi connectivity index (χ1n) is 9.88. The number of anilines is 1. The third kappa shape index (κ3) is 3.37. The molecule has 2 aliphatic heterocycles. The van der Waals surface area contributed by atoms with E-state index in [0.717, 1.165) is 44.0 Å². The number of fused-ring (bicyclic) bond motifs is 1. The molecule has 0 bridgehead atoms. The first kappa shape index (κ1) is 17.1. The van der Waals surface area contributed by atoms with E-state index in [-0.39, 0.29) is 0 Å². The number of aromatic nitrogens is 1. The molecule has 0 aromatic carbocycles. The van der Waals surface area contributed by atoms with Gasteiger partial charge < -0.3 is 4.90 Å². The van der Waals surface area contributed by atoms with Gasteiger partial charge in [0, 0.05) is 37.8 Å². The highest BCUT2D eigenvalue weighted by molar-refractivity contribution is 6.30. The van der Waals surface area contributed by atoms with Gasteiger partial charge in [0.25, 0.3) is 0 Å². The number of nitrogens with zero attached hydrogens (tertiary/aromatic N) is 4. The number of rotatable bonds is 2. The van der Waals surface area contributed by atoms with Crippen molar-refractivity contribution in [2.45, 2.75) is 70.4 Å². The molecule has 3 heterocycles. The monoisotopic (exact) mass is 358 g/mol. The number of hydrogen-bond acceptors (Lipinski definition) is 4. The van der Waals surface area contributed by atoms with Crippen LogP contribution >= 0.6 is 11.6 Å². The highest BCUT2D eigenvalue weighted by atomic mass is 35.5. The summed E-state index contributed by atoms with van der Waals surface area (Å²) in [6, 6.07) is 3.02. The van der Waals surface area contributed by atoms with E-state index in [1.165, 1.54) is 56.9 Å². The Morgan fingerprint density at radius 3 is 2.40 bits per heavy atom. The summed E-state index contributed by atoms with van der Waals surface area (Å²) in [5, 5.41) is 9.98. The summed E-state index contributed by atoms with van der Waals surface area (Å²) >= 11 is 6.40. The third-order valence-corrected chi connectivity index (χ3v) is 6.49. The van der Waals surface area contributed by atoms with E-state index >= 15 is 0 Å². The van der Waals surface area contributed by atoms with Crippen LogP contribution in [0, 0.1) is 11.3 Å². The van der Waals surface area contributed by atoms with E-state index in [0.29, 0.717) is 16.8 Å². The van der Waals surface area contributed by atoms with Gasteiger partial charge in [-0.25, -0.2) is 4.98 Å². The molecular weight excluding hydrogens is 332 g/mol. The number of pyridine rings is 1. The molecule has 25 heavy (non-hydrogen) atoms. The van der Waals surface area contributed by atoms with Gasteiger partial charge in [0.2, 0.25) is 0 Å². The van der Waals surface area contributed by atoms with Crippen molar-refractivity contribution < 1.29 is 0 Å². The molecule has 0 atom stereocenters. The van der Waals surface area contributed by atoms with Crippen LogP contribution in [0.2, 0.25) is 5.15 Å². The van der Waals surface area contributed by atoms with Gasteiger partial charge in [-0.15, -0.1) is 0 Å². The van der Waals surface area contributed by atoms with Crippen molar-refractivity contribution >= 4 is 17.4 Å². The molecule has 0 spiro atoms. The Bertz CT molecular complexity index is 669. The molecule has 0 unspecified atom stereocenters. The molecule has 0 N–H and O–H groups in total. The molecule has 2 fully saturated rings. The summed E-state index contributed by atoms with van der Waals surface area (Å²) in [6.07, 6.45) is 11.4. The van der Waals surface area contributed by atoms with Gasteiger partial charge in [0.05, 0.1) is 5.56 Å². The lowest BCUT2D eigenvalue weighted by atomic mass is 9.90. The topological polar surface area (TPSA) is 43.2 Å². The summed E-state index contributed by atoms with van der Waals surface area (Å²) in [7, 11) is 0. The molecule has 1 aliphatic carbocycles. The number of halogens is 1. The Morgan fingerprint density at radius 1 is 0.960 bits per heavy atom. The Balaban J connectivity index is 1.69. The smallest absolute Gasteiger partial charge is 0.149 e. The number of piperidine rings is 1. The molecule has 1 saturated heterocycles. The first-order chi connectivity index (χ1) is 12.3. The summed E-state index contributed by atoms with van der Waals surface area (Å²) in [5.74, 6) is 1.05. The van der Waals surface area contributed by atoms with Crippen LogP contribution in [0.4, 0.5) is 5.82 Å². The fourth-order valence-corrected chi connectivity index (χ4v) is 5.08. The summed E-state index contributed by atoms with van der Waals surface area (Å²) < 4.78 is 0. The fourth-order valence-electron chi connectivity index (χ4n) is 4.85. The Morgan fingerprint density at radius 2 is 1.68 bits per heavy atom. The number of nitriles is 1. The van der Waals surface area contributed by atoms with Gasteiger partial charge >= 0.3 is 0 Å². The Labute approximate surface area is 155 Å².